The van der Waals surface area contributed by atoms with E-state index in [1.165, 1.54) is 0 Å². The van der Waals surface area contributed by atoms with Gasteiger partial charge in [-0.05, 0) is 19.3 Å². The number of carbonyl (C=O) groups is 1. The zero-order valence-corrected chi connectivity index (χ0v) is 9.05. The van der Waals surface area contributed by atoms with Gasteiger partial charge in [-0.25, -0.2) is 5.43 Å². The monoisotopic (exact) mass is 184 g/mol. The van der Waals surface area contributed by atoms with Crippen LogP contribution < -0.4 is 5.43 Å². The Hall–Kier alpha value is -0.860. The van der Waals surface area contributed by atoms with Crippen molar-refractivity contribution < 1.29 is 4.79 Å². The maximum absolute atomic E-state index is 11.1. The van der Waals surface area contributed by atoms with Crippen LogP contribution in [0.15, 0.2) is 5.10 Å². The number of nitrogens with one attached hydrogen (secondary N) is 1. The van der Waals surface area contributed by atoms with Crippen molar-refractivity contribution in [1.29, 1.82) is 0 Å². The number of rotatable bonds is 5. The number of hydrogen-bond acceptors (Lipinski definition) is 2. The smallest absolute Gasteiger partial charge is 0.240 e. The Morgan fingerprint density at radius 3 is 2.54 bits per heavy atom. The summed E-state index contributed by atoms with van der Waals surface area (Å²) in [5.41, 5.74) is 3.53. The van der Waals surface area contributed by atoms with E-state index < -0.39 is 0 Å². The second-order valence-electron chi connectivity index (χ2n) is 3.73. The zero-order chi connectivity index (χ0) is 10.3. The first-order chi connectivity index (χ1) is 6.06. The molecule has 0 aromatic carbocycles. The number of nitrogens with zero attached hydrogens (tertiary/aromatic N) is 1. The zero-order valence-electron chi connectivity index (χ0n) is 9.05. The number of amides is 1. The Morgan fingerprint density at radius 2 is 2.08 bits per heavy atom. The van der Waals surface area contributed by atoms with Crippen molar-refractivity contribution in [3.63, 3.8) is 0 Å². The lowest BCUT2D eigenvalue weighted by molar-refractivity contribution is -0.121. The molecule has 3 nitrogen and oxygen atoms in total. The average molecular weight is 184 g/mol. The summed E-state index contributed by atoms with van der Waals surface area (Å²) >= 11 is 0. The summed E-state index contributed by atoms with van der Waals surface area (Å²) in [6.07, 6.45) is 2.56. The molecule has 1 N–H and O–H groups in total. The van der Waals surface area contributed by atoms with Crippen LogP contribution in [0.1, 0.15) is 47.0 Å². The molecule has 0 fully saturated rings. The summed E-state index contributed by atoms with van der Waals surface area (Å²) in [5, 5.41) is 3.98. The van der Waals surface area contributed by atoms with E-state index >= 15 is 0 Å². The van der Waals surface area contributed by atoms with Crippen molar-refractivity contribution in [2.45, 2.75) is 47.0 Å². The lowest BCUT2D eigenvalue weighted by Gasteiger charge is -2.03. The number of hydrazone groups is 1. The quantitative estimate of drug-likeness (QED) is 0.517. The van der Waals surface area contributed by atoms with Crippen LogP contribution in [-0.2, 0) is 4.79 Å². The van der Waals surface area contributed by atoms with E-state index in [1.807, 2.05) is 20.8 Å². The van der Waals surface area contributed by atoms with E-state index in [1.54, 1.807) is 0 Å². The van der Waals surface area contributed by atoms with Gasteiger partial charge < -0.3 is 0 Å². The molecule has 0 spiro atoms. The molecule has 0 aliphatic heterocycles. The second-order valence-corrected chi connectivity index (χ2v) is 3.73. The van der Waals surface area contributed by atoms with Gasteiger partial charge in [0.15, 0.2) is 0 Å². The largest absolute Gasteiger partial charge is 0.273 e. The Kier molecular flexibility index (Phi) is 6.20. The lowest BCUT2D eigenvalue weighted by Crippen LogP contribution is -2.20. The molecule has 0 heterocycles. The lowest BCUT2D eigenvalue weighted by atomic mass is 10.1. The molecule has 0 aliphatic rings. The van der Waals surface area contributed by atoms with Gasteiger partial charge in [-0.1, -0.05) is 27.2 Å². The van der Waals surface area contributed by atoms with E-state index in [9.17, 15) is 4.79 Å². The van der Waals surface area contributed by atoms with Crippen LogP contribution in [0, 0.1) is 5.92 Å². The minimum atomic E-state index is 0.00505. The van der Waals surface area contributed by atoms with Crippen LogP contribution in [0.5, 0.6) is 0 Å². The molecule has 1 amide bonds. The molecule has 0 aromatic heterocycles. The van der Waals surface area contributed by atoms with Crippen LogP contribution in [0.4, 0.5) is 0 Å². The SMILES string of the molecule is CCCC(C)=NNC(=O)CC(C)C. The summed E-state index contributed by atoms with van der Waals surface area (Å²) in [7, 11) is 0. The Balaban J connectivity index is 3.73. The molecule has 0 saturated carbocycles. The summed E-state index contributed by atoms with van der Waals surface area (Å²) < 4.78 is 0. The fourth-order valence-corrected chi connectivity index (χ4v) is 0.992. The van der Waals surface area contributed by atoms with E-state index in [4.69, 9.17) is 0 Å². The highest BCUT2D eigenvalue weighted by Crippen LogP contribution is 1.98. The van der Waals surface area contributed by atoms with E-state index in [-0.39, 0.29) is 5.91 Å². The minimum absolute atomic E-state index is 0.00505. The molecule has 0 aliphatic carbocycles. The molecule has 0 radical (unpaired) electrons. The average Bonchev–Trinajstić information content (AvgIpc) is 2.00. The van der Waals surface area contributed by atoms with Gasteiger partial charge in [0, 0.05) is 12.1 Å². The third-order valence-corrected chi connectivity index (χ3v) is 1.58. The molecule has 3 heteroatoms. The minimum Gasteiger partial charge on any atom is -0.273 e. The molecule has 13 heavy (non-hydrogen) atoms. The predicted octanol–water partition coefficient (Wildman–Crippen LogP) is 2.32. The van der Waals surface area contributed by atoms with Crippen LogP contribution in [-0.4, -0.2) is 11.6 Å². The van der Waals surface area contributed by atoms with Gasteiger partial charge in [0.2, 0.25) is 5.91 Å². The van der Waals surface area contributed by atoms with Crippen molar-refractivity contribution in [1.82, 2.24) is 5.43 Å². The third-order valence-electron chi connectivity index (χ3n) is 1.58. The van der Waals surface area contributed by atoms with Crippen molar-refractivity contribution >= 4 is 11.6 Å². The normalized spacial score (nSPS) is 11.9. The van der Waals surface area contributed by atoms with Crippen LogP contribution in [0.25, 0.3) is 0 Å². The summed E-state index contributed by atoms with van der Waals surface area (Å²) in [4.78, 5) is 11.1. The molecule has 76 valence electrons. The molecule has 0 bridgehead atoms. The fraction of sp³-hybridized carbons (Fsp3) is 0.800. The first-order valence-corrected chi connectivity index (χ1v) is 4.88. The van der Waals surface area contributed by atoms with E-state index in [0.717, 1.165) is 18.6 Å². The molecule has 0 unspecified atom stereocenters. The second kappa shape index (κ2) is 6.63. The molecule has 0 rings (SSSR count). The van der Waals surface area contributed by atoms with Crippen LogP contribution >= 0.6 is 0 Å². The topological polar surface area (TPSA) is 41.5 Å². The fourth-order valence-electron chi connectivity index (χ4n) is 0.992. The van der Waals surface area contributed by atoms with Gasteiger partial charge >= 0.3 is 0 Å². The van der Waals surface area contributed by atoms with E-state index in [2.05, 4.69) is 17.5 Å². The number of carbonyl (C=O) groups excluding carboxylic acids is 1. The van der Waals surface area contributed by atoms with Gasteiger partial charge in [-0.15, -0.1) is 0 Å². The summed E-state index contributed by atoms with van der Waals surface area (Å²) in [6, 6.07) is 0. The van der Waals surface area contributed by atoms with Crippen molar-refractivity contribution in [3.8, 4) is 0 Å². The van der Waals surface area contributed by atoms with Gasteiger partial charge in [0.1, 0.15) is 0 Å². The maximum Gasteiger partial charge on any atom is 0.240 e. The Bertz CT molecular complexity index is 185. The molecular weight excluding hydrogens is 164 g/mol. The van der Waals surface area contributed by atoms with E-state index in [0.29, 0.717) is 12.3 Å². The van der Waals surface area contributed by atoms with Crippen LogP contribution in [0.3, 0.4) is 0 Å². The highest BCUT2D eigenvalue weighted by atomic mass is 16.2. The molecule has 0 aromatic rings. The third kappa shape index (κ3) is 7.50. The van der Waals surface area contributed by atoms with Crippen molar-refractivity contribution in [2.24, 2.45) is 11.0 Å². The summed E-state index contributed by atoms with van der Waals surface area (Å²) in [6.45, 7) is 8.05. The maximum atomic E-state index is 11.1. The van der Waals surface area contributed by atoms with Crippen molar-refractivity contribution in [3.05, 3.63) is 0 Å². The first kappa shape index (κ1) is 12.1. The van der Waals surface area contributed by atoms with Gasteiger partial charge in [0.25, 0.3) is 0 Å². The summed E-state index contributed by atoms with van der Waals surface area (Å²) in [5.74, 6) is 0.395. The van der Waals surface area contributed by atoms with Gasteiger partial charge in [0.05, 0.1) is 0 Å². The molecule has 0 saturated heterocycles. The first-order valence-electron chi connectivity index (χ1n) is 4.88. The van der Waals surface area contributed by atoms with Crippen LogP contribution in [0.2, 0.25) is 0 Å². The Labute approximate surface area is 80.6 Å². The Morgan fingerprint density at radius 1 is 1.46 bits per heavy atom. The standard InChI is InChI=1S/C10H20N2O/c1-5-6-9(4)11-12-10(13)7-8(2)3/h8H,5-7H2,1-4H3,(H,12,13). The molecular formula is C10H20N2O. The highest BCUT2D eigenvalue weighted by Gasteiger charge is 2.02. The van der Waals surface area contributed by atoms with Gasteiger partial charge in [-0.2, -0.15) is 5.10 Å². The van der Waals surface area contributed by atoms with Crippen molar-refractivity contribution in [2.75, 3.05) is 0 Å². The van der Waals surface area contributed by atoms with Gasteiger partial charge in [-0.3, -0.25) is 4.79 Å². The highest BCUT2D eigenvalue weighted by molar-refractivity contribution is 5.84. The number of hydrogen-bond donors (Lipinski definition) is 1. The predicted molar refractivity (Wildman–Crippen MR) is 55.6 cm³/mol. The molecule has 0 atom stereocenters.